The minimum Gasteiger partial charge on any atom is -0.322 e. The zero-order valence-electron chi connectivity index (χ0n) is 19.1. The summed E-state index contributed by atoms with van der Waals surface area (Å²) in [7, 11) is 0. The Hall–Kier alpha value is -3.39. The molecule has 2 N–H and O–H groups in total. The largest absolute Gasteiger partial charge is 0.322 e. The Kier molecular flexibility index (Phi) is 7.80. The van der Waals surface area contributed by atoms with Crippen molar-refractivity contribution in [2.24, 2.45) is 5.92 Å². The van der Waals surface area contributed by atoms with E-state index in [0.717, 1.165) is 24.8 Å². The van der Waals surface area contributed by atoms with Crippen LogP contribution >= 0.6 is 11.3 Å². The lowest BCUT2D eigenvalue weighted by Crippen LogP contribution is -2.23. The van der Waals surface area contributed by atoms with Gasteiger partial charge < -0.3 is 10.6 Å². The third-order valence-electron chi connectivity index (χ3n) is 6.07. The topological polar surface area (TPSA) is 101 Å². The summed E-state index contributed by atoms with van der Waals surface area (Å²) in [5, 5.41) is 8.15. The molecule has 1 saturated carbocycles. The lowest BCUT2D eigenvalue weighted by Gasteiger charge is -2.20. The SMILES string of the molecule is CC(=O)Cc1csc(NC(=O)C(CC2CCCC2)c2ccc(NC(=O)c3cccnc3)cc2)n1. The molecule has 176 valence electrons. The number of carbonyl (C=O) groups is 3. The summed E-state index contributed by atoms with van der Waals surface area (Å²) in [6.07, 6.45) is 8.89. The number of thiazole rings is 1. The standard InChI is InChI=1S/C26H28N4O3S/c1-17(31)13-22-16-34-26(29-22)30-25(33)23(14-18-5-2-3-6-18)19-8-10-21(11-9-19)28-24(32)20-7-4-12-27-15-20/h4,7-12,15-16,18,23H,2-3,5-6,13-14H2,1H3,(H,28,32)(H,29,30,33). The average molecular weight is 477 g/mol. The number of nitrogens with zero attached hydrogens (tertiary/aromatic N) is 2. The summed E-state index contributed by atoms with van der Waals surface area (Å²) in [4.78, 5) is 45.4. The maximum absolute atomic E-state index is 13.3. The first-order valence-electron chi connectivity index (χ1n) is 11.5. The molecular weight excluding hydrogens is 448 g/mol. The molecule has 2 aromatic heterocycles. The number of Topliss-reactive ketones (excluding diaryl/α,β-unsaturated/α-hetero) is 1. The van der Waals surface area contributed by atoms with E-state index in [-0.39, 0.29) is 29.9 Å². The van der Waals surface area contributed by atoms with Crippen LogP contribution in [-0.2, 0) is 16.0 Å². The number of ketones is 1. The highest BCUT2D eigenvalue weighted by molar-refractivity contribution is 7.13. The van der Waals surface area contributed by atoms with Gasteiger partial charge in [-0.1, -0.05) is 37.8 Å². The van der Waals surface area contributed by atoms with Crippen LogP contribution in [0.15, 0.2) is 54.2 Å². The van der Waals surface area contributed by atoms with Crippen molar-refractivity contribution >= 4 is 39.8 Å². The van der Waals surface area contributed by atoms with E-state index in [9.17, 15) is 14.4 Å². The van der Waals surface area contributed by atoms with Crippen LogP contribution in [0.3, 0.4) is 0 Å². The minimum absolute atomic E-state index is 0.0398. The van der Waals surface area contributed by atoms with Crippen LogP contribution in [0.1, 0.15) is 66.6 Å². The van der Waals surface area contributed by atoms with Gasteiger partial charge in [-0.2, -0.15) is 0 Å². The van der Waals surface area contributed by atoms with Gasteiger partial charge in [0.05, 0.1) is 17.2 Å². The highest BCUT2D eigenvalue weighted by Gasteiger charge is 2.27. The quantitative estimate of drug-likeness (QED) is 0.441. The number of rotatable bonds is 9. The smallest absolute Gasteiger partial charge is 0.257 e. The van der Waals surface area contributed by atoms with Crippen LogP contribution < -0.4 is 10.6 Å². The Balaban J connectivity index is 1.47. The summed E-state index contributed by atoms with van der Waals surface area (Å²) in [6.45, 7) is 1.53. The van der Waals surface area contributed by atoms with Crippen molar-refractivity contribution in [2.45, 2.75) is 51.4 Å². The fourth-order valence-electron chi connectivity index (χ4n) is 4.37. The number of carbonyl (C=O) groups excluding carboxylic acids is 3. The van der Waals surface area contributed by atoms with Crippen LogP contribution in [-0.4, -0.2) is 27.6 Å². The third-order valence-corrected chi connectivity index (χ3v) is 6.87. The Labute approximate surface area is 203 Å². The van der Waals surface area contributed by atoms with E-state index >= 15 is 0 Å². The second-order valence-electron chi connectivity index (χ2n) is 8.77. The maximum Gasteiger partial charge on any atom is 0.257 e. The normalized spacial score (nSPS) is 14.5. The number of anilines is 2. The van der Waals surface area contributed by atoms with Crippen LogP contribution in [0.2, 0.25) is 0 Å². The van der Waals surface area contributed by atoms with Crippen molar-refractivity contribution in [2.75, 3.05) is 10.6 Å². The molecule has 1 aromatic carbocycles. The number of hydrogen-bond donors (Lipinski definition) is 2. The van der Waals surface area contributed by atoms with Gasteiger partial charge in [-0.15, -0.1) is 11.3 Å². The molecule has 0 spiro atoms. The van der Waals surface area contributed by atoms with E-state index < -0.39 is 0 Å². The van der Waals surface area contributed by atoms with E-state index in [4.69, 9.17) is 0 Å². The molecule has 0 saturated heterocycles. The molecule has 1 aliphatic carbocycles. The van der Waals surface area contributed by atoms with Gasteiger partial charge in [0.15, 0.2) is 5.13 Å². The zero-order chi connectivity index (χ0) is 23.9. The monoisotopic (exact) mass is 476 g/mol. The number of nitrogens with one attached hydrogen (secondary N) is 2. The van der Waals surface area contributed by atoms with E-state index in [2.05, 4.69) is 20.6 Å². The van der Waals surface area contributed by atoms with Crippen molar-refractivity contribution in [3.63, 3.8) is 0 Å². The molecular formula is C26H28N4O3S. The summed E-state index contributed by atoms with van der Waals surface area (Å²) < 4.78 is 0. The molecule has 3 aromatic rings. The lowest BCUT2D eigenvalue weighted by atomic mass is 9.87. The summed E-state index contributed by atoms with van der Waals surface area (Å²) in [6, 6.07) is 10.9. The van der Waals surface area contributed by atoms with E-state index in [1.807, 2.05) is 29.6 Å². The number of benzene rings is 1. The molecule has 0 aliphatic heterocycles. The van der Waals surface area contributed by atoms with Crippen molar-refractivity contribution in [1.29, 1.82) is 0 Å². The average Bonchev–Trinajstić information content (AvgIpc) is 3.50. The van der Waals surface area contributed by atoms with Crippen molar-refractivity contribution in [3.8, 4) is 0 Å². The molecule has 1 atom stereocenters. The fraction of sp³-hybridized carbons (Fsp3) is 0.346. The summed E-state index contributed by atoms with van der Waals surface area (Å²) in [5.74, 6) is -0.0800. The molecule has 1 aliphatic rings. The van der Waals surface area contributed by atoms with Crippen LogP contribution in [0, 0.1) is 5.92 Å². The van der Waals surface area contributed by atoms with Crippen molar-refractivity contribution < 1.29 is 14.4 Å². The predicted molar refractivity (Wildman–Crippen MR) is 133 cm³/mol. The second-order valence-corrected chi connectivity index (χ2v) is 9.63. The number of pyridine rings is 1. The highest BCUT2D eigenvalue weighted by Crippen LogP contribution is 2.35. The summed E-state index contributed by atoms with van der Waals surface area (Å²) >= 11 is 1.33. The first kappa shape index (κ1) is 23.8. The lowest BCUT2D eigenvalue weighted by molar-refractivity contribution is -0.118. The molecule has 34 heavy (non-hydrogen) atoms. The van der Waals surface area contributed by atoms with Crippen LogP contribution in [0.4, 0.5) is 10.8 Å². The molecule has 0 radical (unpaired) electrons. The second kappa shape index (κ2) is 11.2. The zero-order valence-corrected chi connectivity index (χ0v) is 19.9. The molecule has 8 heteroatoms. The van der Waals surface area contributed by atoms with E-state index in [1.165, 1.54) is 37.3 Å². The van der Waals surface area contributed by atoms with Gasteiger partial charge in [0.25, 0.3) is 5.91 Å². The predicted octanol–water partition coefficient (Wildman–Crippen LogP) is 5.22. The number of hydrogen-bond acceptors (Lipinski definition) is 6. The maximum atomic E-state index is 13.3. The van der Waals surface area contributed by atoms with E-state index in [0.29, 0.717) is 28.0 Å². The molecule has 1 unspecified atom stereocenters. The van der Waals surface area contributed by atoms with Gasteiger partial charge in [0.1, 0.15) is 5.78 Å². The van der Waals surface area contributed by atoms with E-state index in [1.54, 1.807) is 18.3 Å². The van der Waals surface area contributed by atoms with Gasteiger partial charge in [-0.25, -0.2) is 4.98 Å². The van der Waals surface area contributed by atoms with Gasteiger partial charge >= 0.3 is 0 Å². The number of amides is 2. The van der Waals surface area contributed by atoms with Crippen LogP contribution in [0.5, 0.6) is 0 Å². The minimum atomic E-state index is -0.314. The van der Waals surface area contributed by atoms with Crippen LogP contribution in [0.25, 0.3) is 0 Å². The molecule has 7 nitrogen and oxygen atoms in total. The molecule has 2 heterocycles. The van der Waals surface area contributed by atoms with Gasteiger partial charge in [0, 0.05) is 29.9 Å². The molecule has 4 rings (SSSR count). The van der Waals surface area contributed by atoms with Gasteiger partial charge in [-0.3, -0.25) is 19.4 Å². The molecule has 2 amide bonds. The summed E-state index contributed by atoms with van der Waals surface area (Å²) in [5.41, 5.74) is 2.72. The van der Waals surface area contributed by atoms with Gasteiger partial charge in [0.2, 0.25) is 5.91 Å². The van der Waals surface area contributed by atoms with Crippen molar-refractivity contribution in [3.05, 3.63) is 71.0 Å². The Bertz CT molecular complexity index is 1140. The molecule has 1 fully saturated rings. The third kappa shape index (κ3) is 6.35. The molecule has 0 bridgehead atoms. The van der Waals surface area contributed by atoms with Gasteiger partial charge in [-0.05, 0) is 49.1 Å². The van der Waals surface area contributed by atoms with Crippen molar-refractivity contribution in [1.82, 2.24) is 9.97 Å². The first-order valence-corrected chi connectivity index (χ1v) is 12.4. The highest BCUT2D eigenvalue weighted by atomic mass is 32.1. The Morgan fingerprint density at radius 3 is 2.53 bits per heavy atom. The number of aromatic nitrogens is 2. The first-order chi connectivity index (χ1) is 16.5. The fourth-order valence-corrected chi connectivity index (χ4v) is 5.08. The Morgan fingerprint density at radius 1 is 1.09 bits per heavy atom. The Morgan fingerprint density at radius 2 is 1.85 bits per heavy atom.